The summed E-state index contributed by atoms with van der Waals surface area (Å²) in [5, 5.41) is 0.438. The number of sulfonamides is 1. The van der Waals surface area contributed by atoms with Gasteiger partial charge in [0.25, 0.3) is 0 Å². The molecule has 0 amide bonds. The molecule has 1 unspecified atom stereocenters. The van der Waals surface area contributed by atoms with E-state index < -0.39 is 10.0 Å². The molecule has 0 aliphatic heterocycles. The fraction of sp³-hybridized carbons (Fsp3) is 0.455. The summed E-state index contributed by atoms with van der Waals surface area (Å²) < 4.78 is 31.5. The maximum absolute atomic E-state index is 12.0. The second kappa shape index (κ2) is 5.82. The van der Waals surface area contributed by atoms with Gasteiger partial charge < -0.3 is 4.74 Å². The Balaban J connectivity index is 2.94. The largest absolute Gasteiger partial charge is 0.380 e. The molecular weight excluding hydrogens is 262 g/mol. The van der Waals surface area contributed by atoms with Crippen LogP contribution in [0.2, 0.25) is 5.02 Å². The molecule has 1 aromatic carbocycles. The lowest BCUT2D eigenvalue weighted by Gasteiger charge is -2.13. The summed E-state index contributed by atoms with van der Waals surface area (Å²) in [6.45, 7) is 3.69. The summed E-state index contributed by atoms with van der Waals surface area (Å²) in [6, 6.07) is 4.80. The van der Waals surface area contributed by atoms with Gasteiger partial charge in [0.05, 0.1) is 11.0 Å². The number of halogens is 1. The molecule has 0 bridgehead atoms. The molecule has 0 radical (unpaired) electrons. The topological polar surface area (TPSA) is 55.4 Å². The van der Waals surface area contributed by atoms with E-state index in [1.807, 2.05) is 0 Å². The van der Waals surface area contributed by atoms with Gasteiger partial charge in [0.1, 0.15) is 0 Å². The molecule has 0 aliphatic carbocycles. The monoisotopic (exact) mass is 277 g/mol. The van der Waals surface area contributed by atoms with Crippen molar-refractivity contribution in [2.24, 2.45) is 0 Å². The highest BCUT2D eigenvalue weighted by molar-refractivity contribution is 7.89. The molecule has 0 saturated carbocycles. The highest BCUT2D eigenvalue weighted by Crippen LogP contribution is 2.22. The van der Waals surface area contributed by atoms with Crippen molar-refractivity contribution in [2.75, 3.05) is 13.7 Å². The zero-order chi connectivity index (χ0) is 13.1. The highest BCUT2D eigenvalue weighted by Gasteiger charge is 2.18. The third-order valence-corrected chi connectivity index (χ3v) is 4.45. The van der Waals surface area contributed by atoms with E-state index in [0.717, 1.165) is 0 Å². The Morgan fingerprint density at radius 3 is 2.71 bits per heavy atom. The van der Waals surface area contributed by atoms with Gasteiger partial charge in [-0.3, -0.25) is 0 Å². The minimum atomic E-state index is -3.53. The van der Waals surface area contributed by atoms with Gasteiger partial charge in [0.2, 0.25) is 10.0 Å². The summed E-state index contributed by atoms with van der Waals surface area (Å²) in [5.41, 5.74) is 0.548. The van der Waals surface area contributed by atoms with Gasteiger partial charge in [-0.05, 0) is 31.5 Å². The van der Waals surface area contributed by atoms with Gasteiger partial charge in [-0.2, -0.15) is 0 Å². The Bertz CT molecular complexity index is 487. The Morgan fingerprint density at radius 2 is 2.12 bits per heavy atom. The quantitative estimate of drug-likeness (QED) is 0.895. The van der Waals surface area contributed by atoms with E-state index in [9.17, 15) is 8.42 Å². The van der Waals surface area contributed by atoms with Gasteiger partial charge >= 0.3 is 0 Å². The molecule has 17 heavy (non-hydrogen) atoms. The van der Waals surface area contributed by atoms with Crippen molar-refractivity contribution < 1.29 is 13.2 Å². The van der Waals surface area contributed by atoms with Crippen LogP contribution in [0.5, 0.6) is 0 Å². The summed E-state index contributed by atoms with van der Waals surface area (Å²) in [4.78, 5) is 0.202. The van der Waals surface area contributed by atoms with Crippen LogP contribution in [0.3, 0.4) is 0 Å². The predicted octanol–water partition coefficient (Wildman–Crippen LogP) is 1.96. The Kier molecular flexibility index (Phi) is 4.94. The summed E-state index contributed by atoms with van der Waals surface area (Å²) in [7, 11) is -2.00. The van der Waals surface area contributed by atoms with Crippen LogP contribution in [0, 0.1) is 6.92 Å². The van der Waals surface area contributed by atoms with Crippen LogP contribution in [0.4, 0.5) is 0 Å². The van der Waals surface area contributed by atoms with Crippen LogP contribution in [-0.4, -0.2) is 28.2 Å². The number of methoxy groups -OCH3 is 1. The molecule has 0 aromatic heterocycles. The molecular formula is C11H16ClNO3S. The van der Waals surface area contributed by atoms with Crippen molar-refractivity contribution in [3.05, 3.63) is 28.8 Å². The summed E-state index contributed by atoms with van der Waals surface area (Å²) in [5.74, 6) is 0. The average molecular weight is 278 g/mol. The maximum atomic E-state index is 12.0. The van der Waals surface area contributed by atoms with Crippen LogP contribution < -0.4 is 4.72 Å². The highest BCUT2D eigenvalue weighted by atomic mass is 35.5. The van der Waals surface area contributed by atoms with Gasteiger partial charge in [-0.15, -0.1) is 0 Å². The molecule has 6 heteroatoms. The predicted molar refractivity (Wildman–Crippen MR) is 67.8 cm³/mol. The molecule has 1 rings (SSSR count). The molecule has 1 N–H and O–H groups in total. The standard InChI is InChI=1S/C11H16ClNO3S/c1-8(16-3)7-13-17(14,15)11-6-4-5-10(12)9(11)2/h4-6,8,13H,7H2,1-3H3. The molecule has 4 nitrogen and oxygen atoms in total. The van der Waals surface area contributed by atoms with Crippen molar-refractivity contribution in [3.63, 3.8) is 0 Å². The third kappa shape index (κ3) is 3.67. The molecule has 0 heterocycles. The molecule has 0 spiro atoms. The maximum Gasteiger partial charge on any atom is 0.240 e. The van der Waals surface area contributed by atoms with Crippen molar-refractivity contribution in [1.29, 1.82) is 0 Å². The SMILES string of the molecule is COC(C)CNS(=O)(=O)c1cccc(Cl)c1C. The number of rotatable bonds is 5. The molecule has 96 valence electrons. The van der Waals surface area contributed by atoms with Gasteiger partial charge in [0, 0.05) is 18.7 Å². The third-order valence-electron chi connectivity index (χ3n) is 2.47. The number of hydrogen-bond donors (Lipinski definition) is 1. The Morgan fingerprint density at radius 1 is 1.47 bits per heavy atom. The minimum Gasteiger partial charge on any atom is -0.380 e. The van der Waals surface area contributed by atoms with E-state index in [1.54, 1.807) is 26.0 Å². The zero-order valence-electron chi connectivity index (χ0n) is 10.0. The van der Waals surface area contributed by atoms with Crippen LogP contribution in [0.15, 0.2) is 23.1 Å². The van der Waals surface area contributed by atoms with E-state index >= 15 is 0 Å². The first-order valence-corrected chi connectivity index (χ1v) is 7.02. The first-order valence-electron chi connectivity index (χ1n) is 5.16. The molecule has 0 fully saturated rings. The minimum absolute atomic E-state index is 0.177. The summed E-state index contributed by atoms with van der Waals surface area (Å²) >= 11 is 5.89. The van der Waals surface area contributed by atoms with Crippen molar-refractivity contribution in [3.8, 4) is 0 Å². The van der Waals surface area contributed by atoms with Crippen LogP contribution in [0.25, 0.3) is 0 Å². The fourth-order valence-corrected chi connectivity index (χ4v) is 2.88. The van der Waals surface area contributed by atoms with Gasteiger partial charge in [-0.25, -0.2) is 13.1 Å². The van der Waals surface area contributed by atoms with Gasteiger partial charge in [-0.1, -0.05) is 17.7 Å². The Hall–Kier alpha value is -0.620. The average Bonchev–Trinajstić information content (AvgIpc) is 2.29. The fourth-order valence-electron chi connectivity index (χ4n) is 1.27. The molecule has 0 saturated heterocycles. The van der Waals surface area contributed by atoms with Crippen LogP contribution in [0.1, 0.15) is 12.5 Å². The van der Waals surface area contributed by atoms with E-state index in [0.29, 0.717) is 10.6 Å². The lowest BCUT2D eigenvalue weighted by atomic mass is 10.2. The van der Waals surface area contributed by atoms with E-state index in [1.165, 1.54) is 13.2 Å². The second-order valence-electron chi connectivity index (χ2n) is 3.76. The first kappa shape index (κ1) is 14.4. The molecule has 1 aromatic rings. The smallest absolute Gasteiger partial charge is 0.240 e. The first-order chi connectivity index (χ1) is 7.88. The number of nitrogens with one attached hydrogen (secondary N) is 1. The number of benzene rings is 1. The zero-order valence-corrected chi connectivity index (χ0v) is 11.6. The lowest BCUT2D eigenvalue weighted by molar-refractivity contribution is 0.122. The lowest BCUT2D eigenvalue weighted by Crippen LogP contribution is -2.32. The molecule has 1 atom stereocenters. The molecule has 0 aliphatic rings. The number of hydrogen-bond acceptors (Lipinski definition) is 3. The normalized spacial score (nSPS) is 13.6. The van der Waals surface area contributed by atoms with E-state index in [2.05, 4.69) is 4.72 Å². The van der Waals surface area contributed by atoms with Crippen LogP contribution >= 0.6 is 11.6 Å². The summed E-state index contributed by atoms with van der Waals surface area (Å²) in [6.07, 6.45) is -0.177. The van der Waals surface area contributed by atoms with E-state index in [4.69, 9.17) is 16.3 Å². The second-order valence-corrected chi connectivity index (χ2v) is 5.90. The van der Waals surface area contributed by atoms with Crippen molar-refractivity contribution >= 4 is 21.6 Å². The van der Waals surface area contributed by atoms with E-state index in [-0.39, 0.29) is 17.5 Å². The van der Waals surface area contributed by atoms with Crippen LogP contribution in [-0.2, 0) is 14.8 Å². The van der Waals surface area contributed by atoms with Gasteiger partial charge in [0.15, 0.2) is 0 Å². The Labute approximate surface area is 107 Å². The van der Waals surface area contributed by atoms with Crippen molar-refractivity contribution in [1.82, 2.24) is 4.72 Å². The number of ether oxygens (including phenoxy) is 1. The van der Waals surface area contributed by atoms with Crippen molar-refractivity contribution in [2.45, 2.75) is 24.8 Å².